The molecule has 1 unspecified atom stereocenters. The van der Waals surface area contributed by atoms with Crippen LogP contribution >= 0.6 is 11.6 Å². The molecule has 2 nitrogen and oxygen atoms in total. The maximum absolute atomic E-state index is 5.96. The summed E-state index contributed by atoms with van der Waals surface area (Å²) in [6.07, 6.45) is 4.88. The highest BCUT2D eigenvalue weighted by Crippen LogP contribution is 2.19. The van der Waals surface area contributed by atoms with Gasteiger partial charge in [-0.25, -0.2) is 0 Å². The normalized spacial score (nSPS) is 12.3. The lowest BCUT2D eigenvalue weighted by Crippen LogP contribution is -2.06. The van der Waals surface area contributed by atoms with E-state index in [2.05, 4.69) is 12.2 Å². The quantitative estimate of drug-likeness (QED) is 0.538. The molecule has 0 bridgehead atoms. The van der Waals surface area contributed by atoms with Crippen molar-refractivity contribution >= 4 is 23.8 Å². The molecule has 0 aliphatic heterocycles. The van der Waals surface area contributed by atoms with E-state index in [4.69, 9.17) is 21.1 Å². The monoisotopic (exact) mass is 302 g/mol. The number of alkyl halides is 1. The minimum absolute atomic E-state index is 0.275. The molecule has 21 heavy (non-hydrogen) atoms. The van der Waals surface area contributed by atoms with Crippen molar-refractivity contribution in [3.63, 3.8) is 0 Å². The molecule has 3 heteroatoms. The van der Waals surface area contributed by atoms with E-state index in [0.717, 1.165) is 29.0 Å². The van der Waals surface area contributed by atoms with Crippen LogP contribution in [0.5, 0.6) is 11.5 Å². The second kappa shape index (κ2) is 7.75. The van der Waals surface area contributed by atoms with Crippen LogP contribution in [0.25, 0.3) is 12.2 Å². The van der Waals surface area contributed by atoms with Gasteiger partial charge in [0.25, 0.3) is 0 Å². The molecule has 2 aromatic carbocycles. The zero-order valence-electron chi connectivity index (χ0n) is 12.3. The first kappa shape index (κ1) is 15.5. The van der Waals surface area contributed by atoms with Crippen LogP contribution in [0.15, 0.2) is 48.5 Å². The number of hydrogen-bond acceptors (Lipinski definition) is 2. The summed E-state index contributed by atoms with van der Waals surface area (Å²) >= 11 is 5.96. The van der Waals surface area contributed by atoms with Crippen molar-refractivity contribution in [2.24, 2.45) is 0 Å². The van der Waals surface area contributed by atoms with E-state index in [9.17, 15) is 0 Å². The summed E-state index contributed by atoms with van der Waals surface area (Å²) in [7, 11) is 1.67. The van der Waals surface area contributed by atoms with Gasteiger partial charge in [0.1, 0.15) is 11.5 Å². The molecular formula is C18H19ClO2. The van der Waals surface area contributed by atoms with Crippen LogP contribution in [0, 0.1) is 0 Å². The zero-order chi connectivity index (χ0) is 15.1. The molecule has 0 aliphatic carbocycles. The van der Waals surface area contributed by atoms with Crippen molar-refractivity contribution in [3.05, 3.63) is 59.7 Å². The summed E-state index contributed by atoms with van der Waals surface area (Å²) in [5.41, 5.74) is 1.93. The molecule has 0 radical (unpaired) electrons. The summed E-state index contributed by atoms with van der Waals surface area (Å²) in [6.45, 7) is 1.99. The highest BCUT2D eigenvalue weighted by atomic mass is 35.5. The van der Waals surface area contributed by atoms with E-state index < -0.39 is 0 Å². The van der Waals surface area contributed by atoms with E-state index in [0.29, 0.717) is 0 Å². The molecule has 0 saturated heterocycles. The van der Waals surface area contributed by atoms with Crippen LogP contribution in [0.3, 0.4) is 0 Å². The summed E-state index contributed by atoms with van der Waals surface area (Å²) < 4.78 is 10.7. The second-order valence-corrected chi connectivity index (χ2v) is 5.10. The Bertz CT molecular complexity index is 590. The van der Waals surface area contributed by atoms with E-state index in [-0.39, 0.29) is 5.56 Å². The molecule has 0 aromatic heterocycles. The number of methoxy groups -OCH3 is 1. The van der Waals surface area contributed by atoms with Crippen LogP contribution in [-0.4, -0.2) is 12.7 Å². The third-order valence-electron chi connectivity index (χ3n) is 3.03. The van der Waals surface area contributed by atoms with Gasteiger partial charge in [-0.2, -0.15) is 0 Å². The van der Waals surface area contributed by atoms with Gasteiger partial charge < -0.3 is 9.47 Å². The molecule has 0 spiro atoms. The maximum Gasteiger partial charge on any atom is 0.171 e. The van der Waals surface area contributed by atoms with Gasteiger partial charge in [-0.05, 0) is 41.8 Å². The van der Waals surface area contributed by atoms with Gasteiger partial charge in [-0.1, -0.05) is 54.9 Å². The predicted octanol–water partition coefficient (Wildman–Crippen LogP) is 5.22. The average molecular weight is 303 g/mol. The summed E-state index contributed by atoms with van der Waals surface area (Å²) in [5.74, 6) is 1.64. The third-order valence-corrected chi connectivity index (χ3v) is 3.42. The van der Waals surface area contributed by atoms with Gasteiger partial charge in [0.2, 0.25) is 0 Å². The minimum Gasteiger partial charge on any atom is -0.497 e. The predicted molar refractivity (Wildman–Crippen MR) is 88.9 cm³/mol. The highest BCUT2D eigenvalue weighted by Gasteiger charge is 2.02. The van der Waals surface area contributed by atoms with Crippen molar-refractivity contribution in [1.82, 2.24) is 0 Å². The Kier molecular flexibility index (Phi) is 5.70. The number of hydrogen-bond donors (Lipinski definition) is 0. The van der Waals surface area contributed by atoms with Crippen LogP contribution in [0.1, 0.15) is 24.5 Å². The van der Waals surface area contributed by atoms with Gasteiger partial charge in [0.15, 0.2) is 5.56 Å². The molecule has 0 N–H and O–H groups in total. The first-order chi connectivity index (χ1) is 10.2. The molecule has 0 aliphatic rings. The van der Waals surface area contributed by atoms with E-state index in [1.165, 1.54) is 0 Å². The molecule has 1 atom stereocenters. The first-order valence-corrected chi connectivity index (χ1v) is 7.38. The van der Waals surface area contributed by atoms with Gasteiger partial charge in [0.05, 0.1) is 7.11 Å². The van der Waals surface area contributed by atoms with Gasteiger partial charge in [-0.3, -0.25) is 0 Å². The fourth-order valence-corrected chi connectivity index (χ4v) is 1.93. The Morgan fingerprint density at radius 3 is 2.38 bits per heavy atom. The Hall–Kier alpha value is -1.93. The number of halogens is 1. The Labute approximate surface area is 131 Å². The molecule has 0 amide bonds. The molecule has 0 fully saturated rings. The van der Waals surface area contributed by atoms with Crippen LogP contribution < -0.4 is 9.47 Å². The van der Waals surface area contributed by atoms with E-state index in [1.54, 1.807) is 7.11 Å². The maximum atomic E-state index is 5.96. The van der Waals surface area contributed by atoms with Crippen molar-refractivity contribution in [2.75, 3.05) is 7.11 Å². The summed E-state index contributed by atoms with van der Waals surface area (Å²) in [4.78, 5) is 0. The summed E-state index contributed by atoms with van der Waals surface area (Å²) in [5, 5.41) is 0. The standard InChI is InChI=1S/C18H19ClO2/c1-3-18(19)21-16-11-9-14(10-12-16)7-8-15-5-4-6-17(13-15)20-2/h4-13,18H,3H2,1-2H3/b8-7+. The van der Waals surface area contributed by atoms with Crippen LogP contribution in [-0.2, 0) is 0 Å². The van der Waals surface area contributed by atoms with E-state index >= 15 is 0 Å². The lowest BCUT2D eigenvalue weighted by atomic mass is 10.1. The van der Waals surface area contributed by atoms with Crippen LogP contribution in [0.4, 0.5) is 0 Å². The second-order valence-electron chi connectivity index (χ2n) is 4.62. The van der Waals surface area contributed by atoms with Gasteiger partial charge >= 0.3 is 0 Å². The molecule has 2 rings (SSSR count). The fourth-order valence-electron chi connectivity index (χ4n) is 1.83. The minimum atomic E-state index is -0.275. The van der Waals surface area contributed by atoms with E-state index in [1.807, 2.05) is 55.5 Å². The van der Waals surface area contributed by atoms with Crippen molar-refractivity contribution in [3.8, 4) is 11.5 Å². The molecule has 110 valence electrons. The lowest BCUT2D eigenvalue weighted by molar-refractivity contribution is 0.277. The number of rotatable bonds is 6. The Morgan fingerprint density at radius 1 is 1.00 bits per heavy atom. The van der Waals surface area contributed by atoms with Crippen molar-refractivity contribution in [2.45, 2.75) is 18.9 Å². The summed E-state index contributed by atoms with van der Waals surface area (Å²) in [6, 6.07) is 15.8. The molecule has 2 aromatic rings. The van der Waals surface area contributed by atoms with Gasteiger partial charge in [-0.15, -0.1) is 0 Å². The molecular weight excluding hydrogens is 284 g/mol. The number of ether oxygens (including phenoxy) is 2. The highest BCUT2D eigenvalue weighted by molar-refractivity contribution is 6.19. The average Bonchev–Trinajstić information content (AvgIpc) is 2.54. The molecule has 0 heterocycles. The smallest absolute Gasteiger partial charge is 0.171 e. The first-order valence-electron chi connectivity index (χ1n) is 6.94. The largest absolute Gasteiger partial charge is 0.497 e. The lowest BCUT2D eigenvalue weighted by Gasteiger charge is -2.10. The topological polar surface area (TPSA) is 18.5 Å². The van der Waals surface area contributed by atoms with Gasteiger partial charge in [0, 0.05) is 0 Å². The zero-order valence-corrected chi connectivity index (χ0v) is 13.0. The van der Waals surface area contributed by atoms with Crippen molar-refractivity contribution in [1.29, 1.82) is 0 Å². The number of benzene rings is 2. The fraction of sp³-hybridized carbons (Fsp3) is 0.222. The SMILES string of the molecule is CCC(Cl)Oc1ccc(/C=C/c2cccc(OC)c2)cc1. The Balaban J connectivity index is 2.03. The Morgan fingerprint density at radius 2 is 1.71 bits per heavy atom. The van der Waals surface area contributed by atoms with Crippen molar-refractivity contribution < 1.29 is 9.47 Å². The molecule has 0 saturated carbocycles. The third kappa shape index (κ3) is 4.83. The van der Waals surface area contributed by atoms with Crippen LogP contribution in [0.2, 0.25) is 0 Å².